The summed E-state index contributed by atoms with van der Waals surface area (Å²) in [5.74, 6) is 1.89. The summed E-state index contributed by atoms with van der Waals surface area (Å²) in [7, 11) is 1.64. The predicted molar refractivity (Wildman–Crippen MR) is 83.4 cm³/mol. The lowest BCUT2D eigenvalue weighted by Crippen LogP contribution is -2.38. The van der Waals surface area contributed by atoms with Crippen molar-refractivity contribution in [3.05, 3.63) is 29.8 Å². The highest BCUT2D eigenvalue weighted by atomic mass is 35.5. The summed E-state index contributed by atoms with van der Waals surface area (Å²) in [6.07, 6.45) is 2.05. The Hall–Kier alpha value is -1.22. The number of hydrogen-bond acceptors (Lipinski definition) is 2. The summed E-state index contributed by atoms with van der Waals surface area (Å²) >= 11 is 5.76. The van der Waals surface area contributed by atoms with Gasteiger partial charge in [0, 0.05) is 18.3 Å². The van der Waals surface area contributed by atoms with Gasteiger partial charge in [-0.2, -0.15) is 0 Å². The van der Waals surface area contributed by atoms with Crippen molar-refractivity contribution in [3.63, 3.8) is 0 Å². The summed E-state index contributed by atoms with van der Waals surface area (Å²) in [6, 6.07) is 7.97. The van der Waals surface area contributed by atoms with Gasteiger partial charge >= 0.3 is 0 Å². The SMILES string of the molecule is COc1ccc(CCC(=O)NC(CCCl)C(C)C)cc1. The average molecular weight is 298 g/mol. The molecule has 0 fully saturated rings. The minimum atomic E-state index is 0.0876. The van der Waals surface area contributed by atoms with Crippen LogP contribution in [0.1, 0.15) is 32.3 Å². The van der Waals surface area contributed by atoms with Crippen LogP contribution in [0.15, 0.2) is 24.3 Å². The molecule has 0 heterocycles. The number of ether oxygens (including phenoxy) is 1. The number of amides is 1. The Morgan fingerprint density at radius 3 is 2.45 bits per heavy atom. The number of rotatable bonds is 8. The van der Waals surface area contributed by atoms with Crippen LogP contribution in [0.2, 0.25) is 0 Å². The van der Waals surface area contributed by atoms with E-state index in [4.69, 9.17) is 16.3 Å². The molecule has 0 aromatic heterocycles. The van der Waals surface area contributed by atoms with Crippen LogP contribution in [-0.2, 0) is 11.2 Å². The monoisotopic (exact) mass is 297 g/mol. The normalized spacial score (nSPS) is 12.2. The first-order valence-corrected chi connectivity index (χ1v) is 7.58. The van der Waals surface area contributed by atoms with Gasteiger partial charge < -0.3 is 10.1 Å². The van der Waals surface area contributed by atoms with Crippen molar-refractivity contribution in [1.29, 1.82) is 0 Å². The third-order valence-corrected chi connectivity index (χ3v) is 3.59. The van der Waals surface area contributed by atoms with E-state index in [0.717, 1.165) is 24.2 Å². The summed E-state index contributed by atoms with van der Waals surface area (Å²) in [5.41, 5.74) is 1.14. The molecule has 1 rings (SSSR count). The van der Waals surface area contributed by atoms with Gasteiger partial charge in [0.25, 0.3) is 0 Å². The fourth-order valence-corrected chi connectivity index (χ4v) is 2.25. The van der Waals surface area contributed by atoms with Crippen molar-refractivity contribution < 1.29 is 9.53 Å². The molecular formula is C16H24ClNO2. The van der Waals surface area contributed by atoms with E-state index in [9.17, 15) is 4.79 Å². The van der Waals surface area contributed by atoms with Crippen molar-refractivity contribution in [2.24, 2.45) is 5.92 Å². The van der Waals surface area contributed by atoms with Gasteiger partial charge in [0.15, 0.2) is 0 Å². The Bertz CT molecular complexity index is 403. The van der Waals surface area contributed by atoms with Gasteiger partial charge in [-0.1, -0.05) is 26.0 Å². The summed E-state index contributed by atoms with van der Waals surface area (Å²) in [5, 5.41) is 3.06. The molecule has 0 aliphatic heterocycles. The van der Waals surface area contributed by atoms with E-state index in [1.807, 2.05) is 24.3 Å². The third kappa shape index (κ3) is 5.83. The lowest BCUT2D eigenvalue weighted by atomic mass is 10.0. The molecule has 1 aromatic carbocycles. The number of aryl methyl sites for hydroxylation is 1. The van der Waals surface area contributed by atoms with Crippen LogP contribution in [0, 0.1) is 5.92 Å². The van der Waals surface area contributed by atoms with E-state index in [1.54, 1.807) is 7.11 Å². The number of carbonyl (C=O) groups excluding carboxylic acids is 1. The van der Waals surface area contributed by atoms with E-state index in [1.165, 1.54) is 0 Å². The molecule has 1 aromatic rings. The number of benzene rings is 1. The van der Waals surface area contributed by atoms with Crippen LogP contribution in [0.25, 0.3) is 0 Å². The van der Waals surface area contributed by atoms with Crippen LogP contribution >= 0.6 is 11.6 Å². The molecule has 0 bridgehead atoms. The number of halogens is 1. The predicted octanol–water partition coefficient (Wildman–Crippen LogP) is 3.40. The number of alkyl halides is 1. The fourth-order valence-electron chi connectivity index (χ4n) is 2.02. The fraction of sp³-hybridized carbons (Fsp3) is 0.562. The molecule has 0 aliphatic rings. The molecule has 0 saturated carbocycles. The van der Waals surface area contributed by atoms with E-state index in [-0.39, 0.29) is 11.9 Å². The standard InChI is InChI=1S/C16H24ClNO2/c1-12(2)15(10-11-17)18-16(19)9-6-13-4-7-14(20-3)8-5-13/h4-5,7-8,12,15H,6,9-11H2,1-3H3,(H,18,19). The van der Waals surface area contributed by atoms with Crippen molar-refractivity contribution in [1.82, 2.24) is 5.32 Å². The Labute approximate surface area is 126 Å². The highest BCUT2D eigenvalue weighted by Gasteiger charge is 2.15. The largest absolute Gasteiger partial charge is 0.497 e. The number of nitrogens with one attached hydrogen (secondary N) is 1. The maximum absolute atomic E-state index is 12.0. The molecule has 0 aliphatic carbocycles. The minimum Gasteiger partial charge on any atom is -0.497 e. The average Bonchev–Trinajstić information content (AvgIpc) is 2.45. The maximum Gasteiger partial charge on any atom is 0.220 e. The highest BCUT2D eigenvalue weighted by molar-refractivity contribution is 6.17. The second kappa shape index (κ2) is 8.85. The lowest BCUT2D eigenvalue weighted by molar-refractivity contribution is -0.122. The second-order valence-corrected chi connectivity index (χ2v) is 5.62. The molecule has 20 heavy (non-hydrogen) atoms. The molecule has 4 heteroatoms. The Balaban J connectivity index is 2.41. The molecule has 1 amide bonds. The lowest BCUT2D eigenvalue weighted by Gasteiger charge is -2.21. The van der Waals surface area contributed by atoms with Crippen LogP contribution in [0.3, 0.4) is 0 Å². The van der Waals surface area contributed by atoms with Gasteiger partial charge in [0.05, 0.1) is 7.11 Å². The van der Waals surface area contributed by atoms with E-state index < -0.39 is 0 Å². The molecule has 1 atom stereocenters. The zero-order chi connectivity index (χ0) is 15.0. The zero-order valence-corrected chi connectivity index (χ0v) is 13.2. The molecule has 1 unspecified atom stereocenters. The first kappa shape index (κ1) is 16.8. The van der Waals surface area contributed by atoms with Gasteiger partial charge in [-0.15, -0.1) is 11.6 Å². The van der Waals surface area contributed by atoms with Crippen molar-refractivity contribution in [2.75, 3.05) is 13.0 Å². The van der Waals surface area contributed by atoms with Crippen LogP contribution < -0.4 is 10.1 Å². The molecule has 0 saturated heterocycles. The number of carbonyl (C=O) groups is 1. The molecular weight excluding hydrogens is 274 g/mol. The van der Waals surface area contributed by atoms with Gasteiger partial charge in [0.1, 0.15) is 5.75 Å². The van der Waals surface area contributed by atoms with Crippen molar-refractivity contribution in [3.8, 4) is 5.75 Å². The van der Waals surface area contributed by atoms with Crippen molar-refractivity contribution in [2.45, 2.75) is 39.2 Å². The summed E-state index contributed by atoms with van der Waals surface area (Å²) in [6.45, 7) is 4.20. The molecule has 1 N–H and O–H groups in total. The smallest absolute Gasteiger partial charge is 0.220 e. The van der Waals surface area contributed by atoms with Crippen LogP contribution in [-0.4, -0.2) is 24.9 Å². The van der Waals surface area contributed by atoms with Gasteiger partial charge in [-0.25, -0.2) is 0 Å². The van der Waals surface area contributed by atoms with Gasteiger partial charge in [-0.05, 0) is 36.5 Å². The van der Waals surface area contributed by atoms with Crippen LogP contribution in [0.5, 0.6) is 5.75 Å². The summed E-state index contributed by atoms with van der Waals surface area (Å²) < 4.78 is 5.11. The molecule has 3 nitrogen and oxygen atoms in total. The number of hydrogen-bond donors (Lipinski definition) is 1. The van der Waals surface area contributed by atoms with E-state index in [2.05, 4.69) is 19.2 Å². The number of methoxy groups -OCH3 is 1. The van der Waals surface area contributed by atoms with E-state index in [0.29, 0.717) is 18.2 Å². The molecule has 0 spiro atoms. The maximum atomic E-state index is 12.0. The first-order chi connectivity index (χ1) is 9.56. The van der Waals surface area contributed by atoms with Crippen molar-refractivity contribution >= 4 is 17.5 Å². The highest BCUT2D eigenvalue weighted by Crippen LogP contribution is 2.13. The van der Waals surface area contributed by atoms with Gasteiger partial charge in [-0.3, -0.25) is 4.79 Å². The topological polar surface area (TPSA) is 38.3 Å². The first-order valence-electron chi connectivity index (χ1n) is 7.05. The Morgan fingerprint density at radius 2 is 1.95 bits per heavy atom. The quantitative estimate of drug-likeness (QED) is 0.747. The van der Waals surface area contributed by atoms with Crippen LogP contribution in [0.4, 0.5) is 0 Å². The third-order valence-electron chi connectivity index (χ3n) is 3.37. The molecule has 112 valence electrons. The summed E-state index contributed by atoms with van der Waals surface area (Å²) in [4.78, 5) is 12.0. The zero-order valence-electron chi connectivity index (χ0n) is 12.5. The molecule has 0 radical (unpaired) electrons. The minimum absolute atomic E-state index is 0.0876. The Kier molecular flexibility index (Phi) is 7.45. The van der Waals surface area contributed by atoms with Gasteiger partial charge in [0.2, 0.25) is 5.91 Å². The second-order valence-electron chi connectivity index (χ2n) is 5.24. The van der Waals surface area contributed by atoms with E-state index >= 15 is 0 Å². The Morgan fingerprint density at radius 1 is 1.30 bits per heavy atom.